The van der Waals surface area contributed by atoms with Crippen LogP contribution in [0.25, 0.3) is 43.1 Å². The second-order valence-corrected chi connectivity index (χ2v) is 6.64. The van der Waals surface area contributed by atoms with Crippen LogP contribution in [0.2, 0.25) is 0 Å². The zero-order valence-electron chi connectivity index (χ0n) is 14.9. The van der Waals surface area contributed by atoms with Gasteiger partial charge in [-0.2, -0.15) is 0 Å². The predicted molar refractivity (Wildman–Crippen MR) is 116 cm³/mol. The number of hydrogen-bond donors (Lipinski definition) is 0. The molecular weight excluding hydrogens is 332 g/mol. The molecule has 5 aromatic carbocycles. The molecule has 0 unspecified atom stereocenters. The summed E-state index contributed by atoms with van der Waals surface area (Å²) < 4.78 is 5.88. The first-order chi connectivity index (χ1) is 12.8. The van der Waals surface area contributed by atoms with Gasteiger partial charge in [-0.3, -0.25) is 0 Å². The molecule has 0 spiro atoms. The lowest BCUT2D eigenvalue weighted by Gasteiger charge is -2.11. The molecule has 0 amide bonds. The third-order valence-electron chi connectivity index (χ3n) is 5.02. The van der Waals surface area contributed by atoms with Crippen molar-refractivity contribution in [2.24, 2.45) is 0 Å². The van der Waals surface area contributed by atoms with Crippen LogP contribution in [0.1, 0.15) is 0 Å². The van der Waals surface area contributed by atoms with Crippen molar-refractivity contribution in [3.63, 3.8) is 0 Å². The average molecular weight is 352 g/mol. The fraction of sp³-hybridized carbons (Fsp3) is 0.0400. The van der Waals surface area contributed by atoms with E-state index in [4.69, 9.17) is 4.74 Å². The maximum absolute atomic E-state index is 5.88. The summed E-state index contributed by atoms with van der Waals surface area (Å²) in [6.07, 6.45) is 1.78. The highest BCUT2D eigenvalue weighted by molar-refractivity contribution is 6.15. The second kappa shape index (κ2) is 6.75. The van der Waals surface area contributed by atoms with E-state index >= 15 is 0 Å². The zero-order chi connectivity index (χ0) is 17.5. The molecule has 0 atom stereocenters. The second-order valence-electron chi connectivity index (χ2n) is 6.64. The molecule has 5 rings (SSSR count). The van der Waals surface area contributed by atoms with Gasteiger partial charge in [-0.15, -0.1) is 0 Å². The molecule has 2 heteroatoms. The van der Waals surface area contributed by atoms with Crippen molar-refractivity contribution in [2.75, 3.05) is 6.61 Å². The molecule has 0 fully saturated rings. The van der Waals surface area contributed by atoms with Gasteiger partial charge in [-0.25, -0.2) is 0 Å². The van der Waals surface area contributed by atoms with Gasteiger partial charge in [0.15, 0.2) is 0 Å². The molecular formula is C25H20O2. The molecule has 0 saturated carbocycles. The topological polar surface area (TPSA) is 40.7 Å². The first kappa shape index (κ1) is 17.1. The number of ether oxygens (including phenoxy) is 1. The Bertz CT molecular complexity index is 1300. The summed E-state index contributed by atoms with van der Waals surface area (Å²) in [6, 6.07) is 28.2. The van der Waals surface area contributed by atoms with Crippen molar-refractivity contribution in [1.29, 1.82) is 0 Å². The maximum atomic E-state index is 5.88. The Hall–Kier alpha value is -3.36. The maximum Gasteiger partial charge on any atom is 0.127 e. The third kappa shape index (κ3) is 2.80. The van der Waals surface area contributed by atoms with E-state index < -0.39 is 0 Å². The monoisotopic (exact) mass is 352 g/mol. The largest absolute Gasteiger partial charge is 0.489 e. The van der Waals surface area contributed by atoms with Gasteiger partial charge in [-0.1, -0.05) is 61.2 Å². The lowest BCUT2D eigenvalue weighted by molar-refractivity contribution is 0.367. The molecule has 5 aromatic rings. The van der Waals surface area contributed by atoms with Crippen molar-refractivity contribution in [1.82, 2.24) is 0 Å². The summed E-state index contributed by atoms with van der Waals surface area (Å²) in [5, 5.41) is 9.93. The van der Waals surface area contributed by atoms with E-state index in [9.17, 15) is 0 Å². The summed E-state index contributed by atoms with van der Waals surface area (Å²) in [5.74, 6) is 0.905. The lowest BCUT2D eigenvalue weighted by Crippen LogP contribution is -1.93. The quantitative estimate of drug-likeness (QED) is 0.222. The summed E-state index contributed by atoms with van der Waals surface area (Å²) in [5.41, 5.74) is 0. The van der Waals surface area contributed by atoms with Crippen LogP contribution in [0.3, 0.4) is 0 Å². The Kier molecular flexibility index (Phi) is 4.27. The molecule has 132 valence electrons. The van der Waals surface area contributed by atoms with Gasteiger partial charge in [0.1, 0.15) is 12.4 Å². The zero-order valence-corrected chi connectivity index (χ0v) is 14.9. The Morgan fingerprint density at radius 1 is 0.630 bits per heavy atom. The van der Waals surface area contributed by atoms with Crippen molar-refractivity contribution >= 4 is 43.1 Å². The first-order valence-corrected chi connectivity index (χ1v) is 8.85. The van der Waals surface area contributed by atoms with Crippen molar-refractivity contribution < 1.29 is 10.2 Å². The smallest absolute Gasteiger partial charge is 0.127 e. The minimum atomic E-state index is 0. The van der Waals surface area contributed by atoms with E-state index in [1.54, 1.807) is 6.08 Å². The van der Waals surface area contributed by atoms with Crippen LogP contribution in [0.5, 0.6) is 5.75 Å². The lowest BCUT2D eigenvalue weighted by atomic mass is 9.96. The number of fused-ring (bicyclic) bond motifs is 5. The molecule has 2 N–H and O–H groups in total. The van der Waals surface area contributed by atoms with E-state index in [0.717, 1.165) is 11.1 Å². The van der Waals surface area contributed by atoms with E-state index in [0.29, 0.717) is 6.61 Å². The van der Waals surface area contributed by atoms with Gasteiger partial charge < -0.3 is 10.2 Å². The van der Waals surface area contributed by atoms with Crippen LogP contribution in [0.4, 0.5) is 0 Å². The molecule has 2 nitrogen and oxygen atoms in total. The third-order valence-corrected chi connectivity index (χ3v) is 5.02. The van der Waals surface area contributed by atoms with Crippen LogP contribution in [0.15, 0.2) is 91.5 Å². The average Bonchev–Trinajstić information content (AvgIpc) is 2.69. The normalized spacial score (nSPS) is 11.0. The van der Waals surface area contributed by atoms with Crippen LogP contribution in [0, 0.1) is 0 Å². The molecule has 27 heavy (non-hydrogen) atoms. The first-order valence-electron chi connectivity index (χ1n) is 8.85. The van der Waals surface area contributed by atoms with Crippen molar-refractivity contribution in [2.45, 2.75) is 0 Å². The van der Waals surface area contributed by atoms with E-state index in [1.807, 2.05) is 12.1 Å². The highest BCUT2D eigenvalue weighted by Crippen LogP contribution is 2.35. The Labute approximate surface area is 157 Å². The summed E-state index contributed by atoms with van der Waals surface area (Å²) >= 11 is 0. The van der Waals surface area contributed by atoms with E-state index in [1.165, 1.54) is 37.7 Å². The highest BCUT2D eigenvalue weighted by atomic mass is 16.5. The van der Waals surface area contributed by atoms with Gasteiger partial charge >= 0.3 is 0 Å². The fourth-order valence-electron chi connectivity index (χ4n) is 3.77. The van der Waals surface area contributed by atoms with Crippen molar-refractivity contribution in [3.05, 3.63) is 91.5 Å². The molecule has 0 aliphatic carbocycles. The minimum Gasteiger partial charge on any atom is -0.489 e. The summed E-state index contributed by atoms with van der Waals surface area (Å²) in [4.78, 5) is 0. The standard InChI is InChI=1S/C25H18O.H2O/c1-2-12-26-25-9-5-8-19-14-21-11-10-20-13-17-6-3-4-7-18(17)15-22(20)23(21)16-24(19)25;/h2-11,13-16H,1,12H2;1H2. The van der Waals surface area contributed by atoms with Gasteiger partial charge in [0, 0.05) is 5.39 Å². The summed E-state index contributed by atoms with van der Waals surface area (Å²) in [7, 11) is 0. The summed E-state index contributed by atoms with van der Waals surface area (Å²) in [6.45, 7) is 4.26. The molecule has 0 aromatic heterocycles. The molecule has 0 radical (unpaired) electrons. The Morgan fingerprint density at radius 2 is 1.22 bits per heavy atom. The number of hydrogen-bond acceptors (Lipinski definition) is 1. The SMILES string of the molecule is C=CCOc1cccc2cc3ccc4cc5ccccc5cc4c3cc12.O. The molecule has 0 aliphatic rings. The van der Waals surface area contributed by atoms with Gasteiger partial charge in [-0.05, 0) is 68.0 Å². The van der Waals surface area contributed by atoms with Crippen LogP contribution in [-0.4, -0.2) is 12.1 Å². The van der Waals surface area contributed by atoms with Gasteiger partial charge in [0.2, 0.25) is 0 Å². The molecule has 0 aliphatic heterocycles. The van der Waals surface area contributed by atoms with Crippen LogP contribution < -0.4 is 4.74 Å². The van der Waals surface area contributed by atoms with Crippen LogP contribution in [-0.2, 0) is 0 Å². The van der Waals surface area contributed by atoms with E-state index in [-0.39, 0.29) is 5.48 Å². The van der Waals surface area contributed by atoms with Gasteiger partial charge in [0.25, 0.3) is 0 Å². The molecule has 0 saturated heterocycles. The Balaban J connectivity index is 0.00000180. The highest BCUT2D eigenvalue weighted by Gasteiger charge is 2.07. The number of rotatable bonds is 3. The predicted octanol–water partition coefficient (Wildman–Crippen LogP) is 6.04. The van der Waals surface area contributed by atoms with Gasteiger partial charge in [0.05, 0.1) is 0 Å². The van der Waals surface area contributed by atoms with Crippen LogP contribution >= 0.6 is 0 Å². The molecule has 0 bridgehead atoms. The minimum absolute atomic E-state index is 0. The number of benzene rings is 5. The Morgan fingerprint density at radius 3 is 1.96 bits per heavy atom. The molecule has 0 heterocycles. The van der Waals surface area contributed by atoms with E-state index in [2.05, 4.69) is 73.3 Å². The fourth-order valence-corrected chi connectivity index (χ4v) is 3.77. The van der Waals surface area contributed by atoms with Crippen molar-refractivity contribution in [3.8, 4) is 5.75 Å².